The Kier molecular flexibility index (Phi) is 2.12. The Labute approximate surface area is 75.5 Å². The summed E-state index contributed by atoms with van der Waals surface area (Å²) in [6.45, 7) is 12.3. The molecule has 1 N–H and O–H groups in total. The molecule has 0 heterocycles. The molecule has 0 spiro atoms. The molecule has 1 nitrogen and oxygen atoms in total. The van der Waals surface area contributed by atoms with Crippen molar-refractivity contribution < 1.29 is 5.11 Å². The Morgan fingerprint density at radius 1 is 1.67 bits per heavy atom. The normalized spacial score (nSPS) is 30.9. The zero-order valence-electron chi connectivity index (χ0n) is 8.65. The fraction of sp³-hybridized carbons (Fsp3) is 0.818. The molecule has 1 rings (SSSR count). The van der Waals surface area contributed by atoms with Gasteiger partial charge in [0, 0.05) is 0 Å². The Morgan fingerprint density at radius 3 is 2.17 bits per heavy atom. The van der Waals surface area contributed by atoms with Crippen molar-refractivity contribution in [2.75, 3.05) is 0 Å². The molecule has 70 valence electrons. The molecule has 1 saturated carbocycles. The third-order valence-corrected chi connectivity index (χ3v) is 3.37. The van der Waals surface area contributed by atoms with E-state index < -0.39 is 5.60 Å². The summed E-state index contributed by atoms with van der Waals surface area (Å²) in [7, 11) is 0. The minimum Gasteiger partial charge on any atom is -0.385 e. The molecule has 2 atom stereocenters. The summed E-state index contributed by atoms with van der Waals surface area (Å²) in [5.74, 6) is 0.424. The molecule has 0 aromatic heterocycles. The molecule has 1 fully saturated rings. The Bertz CT molecular complexity index is 205. The lowest BCUT2D eigenvalue weighted by Gasteiger charge is -2.29. The van der Waals surface area contributed by atoms with E-state index in [2.05, 4.69) is 20.4 Å². The highest BCUT2D eigenvalue weighted by Crippen LogP contribution is 2.59. The van der Waals surface area contributed by atoms with Crippen molar-refractivity contribution in [1.82, 2.24) is 0 Å². The molecule has 1 heteroatoms. The first-order valence-corrected chi connectivity index (χ1v) is 4.73. The van der Waals surface area contributed by atoms with E-state index in [0.29, 0.717) is 11.3 Å². The lowest BCUT2D eigenvalue weighted by molar-refractivity contribution is 0.0394. The van der Waals surface area contributed by atoms with Gasteiger partial charge in [0.2, 0.25) is 0 Å². The fourth-order valence-electron chi connectivity index (χ4n) is 2.13. The zero-order valence-corrected chi connectivity index (χ0v) is 8.65. The van der Waals surface area contributed by atoms with Crippen LogP contribution in [-0.4, -0.2) is 10.7 Å². The molecule has 12 heavy (non-hydrogen) atoms. The summed E-state index contributed by atoms with van der Waals surface area (Å²) in [5, 5.41) is 10.3. The number of hydrogen-bond donors (Lipinski definition) is 1. The predicted molar refractivity (Wildman–Crippen MR) is 51.9 cm³/mol. The van der Waals surface area contributed by atoms with E-state index in [1.54, 1.807) is 0 Å². The van der Waals surface area contributed by atoms with Crippen molar-refractivity contribution in [3.8, 4) is 0 Å². The number of rotatable bonds is 3. The van der Waals surface area contributed by atoms with Gasteiger partial charge in [-0.3, -0.25) is 0 Å². The highest BCUT2D eigenvalue weighted by molar-refractivity contribution is 5.20. The maximum atomic E-state index is 10.3. The van der Waals surface area contributed by atoms with Crippen molar-refractivity contribution >= 4 is 0 Å². The number of hydrogen-bond acceptors (Lipinski definition) is 1. The van der Waals surface area contributed by atoms with E-state index in [-0.39, 0.29) is 0 Å². The van der Waals surface area contributed by atoms with E-state index in [1.165, 1.54) is 0 Å². The van der Waals surface area contributed by atoms with Crippen LogP contribution in [0.25, 0.3) is 0 Å². The minimum atomic E-state index is -0.608. The smallest absolute Gasteiger partial charge is 0.0882 e. The standard InChI is InChI=1S/C11H20O/c1-6-11(12,8(2)3)9-7-10(9,4)5/h9,12H,2,6-7H2,1,3-5H3. The van der Waals surface area contributed by atoms with E-state index in [1.807, 2.05) is 13.8 Å². The van der Waals surface area contributed by atoms with Gasteiger partial charge in [-0.2, -0.15) is 0 Å². The summed E-state index contributed by atoms with van der Waals surface area (Å²) in [6, 6.07) is 0. The lowest BCUT2D eigenvalue weighted by Crippen LogP contribution is -2.33. The van der Waals surface area contributed by atoms with Crippen LogP contribution < -0.4 is 0 Å². The van der Waals surface area contributed by atoms with Crippen LogP contribution in [0.2, 0.25) is 0 Å². The Morgan fingerprint density at radius 2 is 2.08 bits per heavy atom. The van der Waals surface area contributed by atoms with Gasteiger partial charge in [-0.05, 0) is 36.7 Å². The van der Waals surface area contributed by atoms with Crippen LogP contribution in [0, 0.1) is 11.3 Å². The van der Waals surface area contributed by atoms with Crippen molar-refractivity contribution in [3.05, 3.63) is 12.2 Å². The van der Waals surface area contributed by atoms with Crippen LogP contribution in [0.5, 0.6) is 0 Å². The maximum absolute atomic E-state index is 10.3. The third kappa shape index (κ3) is 1.31. The summed E-state index contributed by atoms with van der Waals surface area (Å²) in [4.78, 5) is 0. The minimum absolute atomic E-state index is 0.323. The molecule has 1 aliphatic carbocycles. The lowest BCUT2D eigenvalue weighted by atomic mass is 9.84. The second-order valence-corrected chi connectivity index (χ2v) is 4.80. The average Bonchev–Trinajstić information content (AvgIpc) is 2.58. The van der Waals surface area contributed by atoms with Crippen LogP contribution >= 0.6 is 0 Å². The molecule has 1 aliphatic rings. The Balaban J connectivity index is 2.77. The summed E-state index contributed by atoms with van der Waals surface area (Å²) in [6.07, 6.45) is 1.92. The number of aliphatic hydroxyl groups is 1. The SMILES string of the molecule is C=C(C)C(O)(CC)C1CC1(C)C. The first-order chi connectivity index (χ1) is 5.34. The molecule has 0 amide bonds. The topological polar surface area (TPSA) is 20.2 Å². The molecule has 0 aromatic rings. The second-order valence-electron chi connectivity index (χ2n) is 4.80. The summed E-state index contributed by atoms with van der Waals surface area (Å²) in [5.41, 5.74) is 0.633. The van der Waals surface area contributed by atoms with E-state index in [0.717, 1.165) is 18.4 Å². The van der Waals surface area contributed by atoms with Crippen LogP contribution in [0.15, 0.2) is 12.2 Å². The first-order valence-electron chi connectivity index (χ1n) is 4.73. The average molecular weight is 168 g/mol. The quantitative estimate of drug-likeness (QED) is 0.642. The van der Waals surface area contributed by atoms with Crippen LogP contribution in [0.3, 0.4) is 0 Å². The van der Waals surface area contributed by atoms with Gasteiger partial charge in [0.25, 0.3) is 0 Å². The second kappa shape index (κ2) is 2.59. The monoisotopic (exact) mass is 168 g/mol. The van der Waals surface area contributed by atoms with Crippen LogP contribution in [-0.2, 0) is 0 Å². The van der Waals surface area contributed by atoms with Gasteiger partial charge in [0.1, 0.15) is 0 Å². The first kappa shape index (κ1) is 9.79. The largest absolute Gasteiger partial charge is 0.385 e. The highest BCUT2D eigenvalue weighted by atomic mass is 16.3. The van der Waals surface area contributed by atoms with Gasteiger partial charge < -0.3 is 5.11 Å². The van der Waals surface area contributed by atoms with Gasteiger partial charge >= 0.3 is 0 Å². The maximum Gasteiger partial charge on any atom is 0.0882 e. The van der Waals surface area contributed by atoms with Crippen molar-refractivity contribution in [1.29, 1.82) is 0 Å². The van der Waals surface area contributed by atoms with Gasteiger partial charge in [-0.1, -0.05) is 27.4 Å². The van der Waals surface area contributed by atoms with Gasteiger partial charge in [-0.15, -0.1) is 0 Å². The van der Waals surface area contributed by atoms with Crippen molar-refractivity contribution in [3.63, 3.8) is 0 Å². The molecule has 0 aromatic carbocycles. The Hall–Kier alpha value is -0.300. The summed E-state index contributed by atoms with van der Waals surface area (Å²) >= 11 is 0. The molecular formula is C11H20O. The van der Waals surface area contributed by atoms with Gasteiger partial charge in [0.15, 0.2) is 0 Å². The van der Waals surface area contributed by atoms with Crippen molar-refractivity contribution in [2.24, 2.45) is 11.3 Å². The summed E-state index contributed by atoms with van der Waals surface area (Å²) < 4.78 is 0. The molecule has 2 unspecified atom stereocenters. The van der Waals surface area contributed by atoms with Crippen LogP contribution in [0.4, 0.5) is 0 Å². The molecule has 0 aliphatic heterocycles. The molecular weight excluding hydrogens is 148 g/mol. The third-order valence-electron chi connectivity index (χ3n) is 3.37. The molecule has 0 saturated heterocycles. The van der Waals surface area contributed by atoms with E-state index >= 15 is 0 Å². The zero-order chi connectivity index (χ0) is 9.57. The van der Waals surface area contributed by atoms with Gasteiger partial charge in [0.05, 0.1) is 5.60 Å². The molecule has 0 bridgehead atoms. The highest BCUT2D eigenvalue weighted by Gasteiger charge is 2.56. The fourth-order valence-corrected chi connectivity index (χ4v) is 2.13. The van der Waals surface area contributed by atoms with E-state index in [9.17, 15) is 5.11 Å². The van der Waals surface area contributed by atoms with Crippen molar-refractivity contribution in [2.45, 2.75) is 46.1 Å². The van der Waals surface area contributed by atoms with Gasteiger partial charge in [-0.25, -0.2) is 0 Å². The van der Waals surface area contributed by atoms with Crippen LogP contribution in [0.1, 0.15) is 40.5 Å². The van der Waals surface area contributed by atoms with E-state index in [4.69, 9.17) is 0 Å². The molecule has 0 radical (unpaired) electrons. The predicted octanol–water partition coefficient (Wildman–Crippen LogP) is 2.75.